The van der Waals surface area contributed by atoms with Gasteiger partial charge in [0.1, 0.15) is 11.8 Å². The number of fused-ring (bicyclic) bond motifs is 3. The maximum absolute atomic E-state index is 12.5. The number of benzene rings is 1. The molecule has 0 radical (unpaired) electrons. The van der Waals surface area contributed by atoms with Gasteiger partial charge < -0.3 is 15.4 Å². The van der Waals surface area contributed by atoms with E-state index in [1.165, 1.54) is 0 Å². The van der Waals surface area contributed by atoms with Crippen molar-refractivity contribution in [2.45, 2.75) is 25.3 Å². The minimum absolute atomic E-state index is 0.0270. The van der Waals surface area contributed by atoms with Crippen LogP contribution < -0.4 is 15.4 Å². The summed E-state index contributed by atoms with van der Waals surface area (Å²) in [5.74, 6) is 1.68. The minimum Gasteiger partial charge on any atom is -0.497 e. The number of hydrogen-bond donors (Lipinski definition) is 2. The predicted octanol–water partition coefficient (Wildman–Crippen LogP) is 1.77. The number of ether oxygens (including phenoxy) is 1. The Labute approximate surface area is 172 Å². The van der Waals surface area contributed by atoms with Gasteiger partial charge in [0.05, 0.1) is 24.4 Å². The first-order valence-electron chi connectivity index (χ1n) is 9.90. The van der Waals surface area contributed by atoms with E-state index in [0.717, 1.165) is 30.2 Å². The zero-order valence-electron chi connectivity index (χ0n) is 16.8. The van der Waals surface area contributed by atoms with Crippen LogP contribution in [0.15, 0.2) is 30.6 Å². The van der Waals surface area contributed by atoms with Gasteiger partial charge in [-0.15, -0.1) is 5.10 Å². The average Bonchev–Trinajstić information content (AvgIpc) is 3.33. The number of aromatic nitrogens is 6. The Balaban J connectivity index is 1.68. The second-order valence-corrected chi connectivity index (χ2v) is 7.38. The third-order valence-corrected chi connectivity index (χ3v) is 5.28. The van der Waals surface area contributed by atoms with E-state index >= 15 is 0 Å². The van der Waals surface area contributed by atoms with Gasteiger partial charge in [-0.1, -0.05) is 0 Å². The lowest BCUT2D eigenvalue weighted by Gasteiger charge is -2.16. The van der Waals surface area contributed by atoms with Crippen molar-refractivity contribution in [2.75, 3.05) is 19.0 Å². The second kappa shape index (κ2) is 7.29. The summed E-state index contributed by atoms with van der Waals surface area (Å²) in [5.41, 5.74) is 2.17. The Bertz CT molecular complexity index is 1240. The van der Waals surface area contributed by atoms with Gasteiger partial charge in [-0.05, 0) is 31.4 Å². The van der Waals surface area contributed by atoms with Gasteiger partial charge in [-0.2, -0.15) is 9.61 Å². The minimum atomic E-state index is -0.378. The summed E-state index contributed by atoms with van der Waals surface area (Å²) >= 11 is 0. The molecule has 1 saturated heterocycles. The molecule has 0 saturated carbocycles. The van der Waals surface area contributed by atoms with Crippen LogP contribution in [0.5, 0.6) is 5.75 Å². The summed E-state index contributed by atoms with van der Waals surface area (Å²) in [6, 6.07) is 5.26. The van der Waals surface area contributed by atoms with Crippen LogP contribution >= 0.6 is 0 Å². The lowest BCUT2D eigenvalue weighted by atomic mass is 10.1. The number of nitrogens with one attached hydrogen (secondary N) is 2. The molecule has 10 heteroatoms. The number of anilines is 1. The molecule has 0 aliphatic carbocycles. The number of carbonyl (C=O) groups is 1. The van der Waals surface area contributed by atoms with Crippen LogP contribution in [-0.2, 0) is 11.8 Å². The Morgan fingerprint density at radius 3 is 2.97 bits per heavy atom. The number of carbonyl (C=O) groups excluding carboxylic acids is 1. The number of aryl methyl sites for hydroxylation is 1. The zero-order valence-corrected chi connectivity index (χ0v) is 16.8. The van der Waals surface area contributed by atoms with E-state index in [0.29, 0.717) is 35.2 Å². The van der Waals surface area contributed by atoms with Gasteiger partial charge in [0.25, 0.3) is 0 Å². The molecule has 1 aliphatic heterocycles. The van der Waals surface area contributed by atoms with Crippen molar-refractivity contribution in [1.82, 2.24) is 34.7 Å². The van der Waals surface area contributed by atoms with Crippen LogP contribution in [0.1, 0.15) is 19.3 Å². The molecule has 154 valence electrons. The van der Waals surface area contributed by atoms with Gasteiger partial charge in [-0.3, -0.25) is 9.48 Å². The number of amides is 1. The van der Waals surface area contributed by atoms with Crippen LogP contribution in [0.3, 0.4) is 0 Å². The van der Waals surface area contributed by atoms with E-state index < -0.39 is 0 Å². The molecule has 4 aromatic rings. The average molecular weight is 406 g/mol. The van der Waals surface area contributed by atoms with Crippen LogP contribution in [0.4, 0.5) is 5.95 Å². The fraction of sp³-hybridized carbons (Fsp3) is 0.350. The number of methoxy groups -OCH3 is 1. The molecule has 1 fully saturated rings. The summed E-state index contributed by atoms with van der Waals surface area (Å²) in [5, 5.41) is 16.0. The van der Waals surface area contributed by atoms with E-state index in [4.69, 9.17) is 14.7 Å². The number of hydrogen-bond acceptors (Lipinski definition) is 7. The quantitative estimate of drug-likeness (QED) is 0.531. The first-order valence-corrected chi connectivity index (χ1v) is 9.90. The van der Waals surface area contributed by atoms with Gasteiger partial charge >= 0.3 is 0 Å². The highest BCUT2D eigenvalue weighted by atomic mass is 16.5. The van der Waals surface area contributed by atoms with Crippen LogP contribution in [-0.4, -0.2) is 55.0 Å². The lowest BCUT2D eigenvalue weighted by Crippen LogP contribution is -2.38. The Kier molecular flexibility index (Phi) is 4.46. The van der Waals surface area contributed by atoms with Gasteiger partial charge in [-0.25, -0.2) is 9.97 Å². The third kappa shape index (κ3) is 3.19. The lowest BCUT2D eigenvalue weighted by molar-refractivity contribution is -0.121. The molecule has 10 nitrogen and oxygen atoms in total. The molecule has 0 bridgehead atoms. The molecule has 0 unspecified atom stereocenters. The topological polar surface area (TPSA) is 111 Å². The van der Waals surface area contributed by atoms with Crippen LogP contribution in [0.2, 0.25) is 0 Å². The first-order chi connectivity index (χ1) is 14.6. The molecule has 5 rings (SSSR count). The van der Waals surface area contributed by atoms with E-state index in [1.807, 2.05) is 31.4 Å². The zero-order chi connectivity index (χ0) is 20.7. The molecule has 1 atom stereocenters. The summed E-state index contributed by atoms with van der Waals surface area (Å²) in [6.45, 7) is 0.698. The highest BCUT2D eigenvalue weighted by Crippen LogP contribution is 2.27. The maximum atomic E-state index is 12.5. The smallest absolute Gasteiger partial charge is 0.242 e. The van der Waals surface area contributed by atoms with Crippen LogP contribution in [0.25, 0.3) is 27.9 Å². The number of nitrogens with zero attached hydrogens (tertiary/aromatic N) is 6. The summed E-state index contributed by atoms with van der Waals surface area (Å²) in [6.07, 6.45) is 6.24. The van der Waals surface area contributed by atoms with Crippen molar-refractivity contribution in [3.63, 3.8) is 0 Å². The van der Waals surface area contributed by atoms with E-state index in [9.17, 15) is 4.79 Å². The molecule has 1 aromatic carbocycles. The maximum Gasteiger partial charge on any atom is 0.242 e. The summed E-state index contributed by atoms with van der Waals surface area (Å²) in [7, 11) is 3.46. The Morgan fingerprint density at radius 1 is 1.27 bits per heavy atom. The Morgan fingerprint density at radius 2 is 2.17 bits per heavy atom. The molecule has 2 N–H and O–H groups in total. The molecule has 30 heavy (non-hydrogen) atoms. The summed E-state index contributed by atoms with van der Waals surface area (Å²) in [4.78, 5) is 22.0. The largest absolute Gasteiger partial charge is 0.497 e. The van der Waals surface area contributed by atoms with Crippen molar-refractivity contribution in [1.29, 1.82) is 0 Å². The van der Waals surface area contributed by atoms with Crippen molar-refractivity contribution < 1.29 is 9.53 Å². The molecule has 3 aromatic heterocycles. The van der Waals surface area contributed by atoms with E-state index in [-0.39, 0.29) is 11.9 Å². The second-order valence-electron chi connectivity index (χ2n) is 7.38. The first kappa shape index (κ1) is 18.3. The Hall–Kier alpha value is -3.69. The standard InChI is InChI=1S/C20H22N8O2/c1-27-11-12(10-22-27)17-25-18-14-7-6-13(30-2)9-16(14)24-20(28(18)26-17)23-15-5-3-4-8-21-19(15)29/h6-7,9-11,15H,3-5,8H2,1-2H3,(H,21,29)(H,23,24)/t15-/m1/s1. The molecule has 0 spiro atoms. The van der Waals surface area contributed by atoms with Gasteiger partial charge in [0.2, 0.25) is 11.9 Å². The molecule has 1 aliphatic rings. The fourth-order valence-corrected chi connectivity index (χ4v) is 3.70. The highest BCUT2D eigenvalue weighted by Gasteiger charge is 2.23. The monoisotopic (exact) mass is 406 g/mol. The normalized spacial score (nSPS) is 17.1. The van der Waals surface area contributed by atoms with Gasteiger partial charge in [0.15, 0.2) is 11.5 Å². The van der Waals surface area contributed by atoms with Crippen LogP contribution in [0, 0.1) is 0 Å². The fourth-order valence-electron chi connectivity index (χ4n) is 3.70. The summed E-state index contributed by atoms with van der Waals surface area (Å²) < 4.78 is 8.72. The third-order valence-electron chi connectivity index (χ3n) is 5.28. The van der Waals surface area contributed by atoms with Crippen molar-refractivity contribution in [3.05, 3.63) is 30.6 Å². The van der Waals surface area contributed by atoms with E-state index in [2.05, 4.69) is 20.8 Å². The highest BCUT2D eigenvalue weighted by molar-refractivity contribution is 5.94. The van der Waals surface area contributed by atoms with Crippen molar-refractivity contribution in [3.8, 4) is 17.1 Å². The van der Waals surface area contributed by atoms with Gasteiger partial charge in [0, 0.05) is 31.2 Å². The van der Waals surface area contributed by atoms with E-state index in [1.54, 1.807) is 22.5 Å². The van der Waals surface area contributed by atoms with Crippen molar-refractivity contribution in [2.24, 2.45) is 7.05 Å². The predicted molar refractivity (Wildman–Crippen MR) is 111 cm³/mol. The molecular weight excluding hydrogens is 384 g/mol. The molecule has 1 amide bonds. The number of rotatable bonds is 4. The molecule has 4 heterocycles. The molecular formula is C20H22N8O2. The van der Waals surface area contributed by atoms with Crippen molar-refractivity contribution >= 4 is 28.4 Å². The SMILES string of the molecule is COc1ccc2c(c1)nc(N[C@@H]1CCCCNC1=O)n1nc(-c3cnn(C)c3)nc21.